The van der Waals surface area contributed by atoms with Crippen LogP contribution < -0.4 is 21.7 Å². The average molecular weight is 485 g/mol. The third kappa shape index (κ3) is 6.43. The second-order valence-electron chi connectivity index (χ2n) is 9.71. The highest BCUT2D eigenvalue weighted by Gasteiger charge is 2.38. The highest BCUT2D eigenvalue weighted by Crippen LogP contribution is 2.41. The fourth-order valence-corrected chi connectivity index (χ4v) is 4.24. The second kappa shape index (κ2) is 10.8. The van der Waals surface area contributed by atoms with E-state index in [0.29, 0.717) is 35.4 Å². The Hall–Kier alpha value is -3.84. The van der Waals surface area contributed by atoms with Crippen molar-refractivity contribution in [1.29, 1.82) is 0 Å². The molecule has 0 aliphatic heterocycles. The van der Waals surface area contributed by atoms with E-state index in [0.717, 1.165) is 23.6 Å². The molecule has 2 saturated carbocycles. The van der Waals surface area contributed by atoms with E-state index in [9.17, 15) is 9.59 Å². The molecule has 2 aliphatic rings. The number of nitrogen functional groups attached to an aromatic ring is 1. The van der Waals surface area contributed by atoms with Crippen LogP contribution in [0.3, 0.4) is 0 Å². The summed E-state index contributed by atoms with van der Waals surface area (Å²) < 4.78 is 5.36. The molecule has 5 rings (SSSR count). The van der Waals surface area contributed by atoms with Crippen LogP contribution in [-0.2, 0) is 17.9 Å². The fourth-order valence-electron chi connectivity index (χ4n) is 4.24. The molecule has 7 nitrogen and oxygen atoms in total. The molecule has 2 unspecified atom stereocenters. The van der Waals surface area contributed by atoms with Crippen molar-refractivity contribution in [3.8, 4) is 0 Å². The summed E-state index contributed by atoms with van der Waals surface area (Å²) in [6.45, 7) is 1.69. The summed E-state index contributed by atoms with van der Waals surface area (Å²) >= 11 is 0. The Bertz CT molecular complexity index is 1210. The summed E-state index contributed by atoms with van der Waals surface area (Å²) in [5, 5.41) is 9.22. The lowest BCUT2D eigenvalue weighted by Crippen LogP contribution is -2.23. The van der Waals surface area contributed by atoms with Gasteiger partial charge in [-0.3, -0.25) is 4.79 Å². The van der Waals surface area contributed by atoms with Crippen molar-refractivity contribution in [2.24, 2.45) is 5.92 Å². The summed E-state index contributed by atoms with van der Waals surface area (Å²) in [5.41, 5.74) is 10.6. The SMILES string of the molecule is Nc1ccccc1NC(=O)c1ccc(CNC(=O)OCc2ccc(C3CC3NCC3CC3)cc2)cc1. The number of amides is 2. The van der Waals surface area contributed by atoms with Crippen LogP contribution in [0.15, 0.2) is 72.8 Å². The van der Waals surface area contributed by atoms with Crippen molar-refractivity contribution in [3.63, 3.8) is 0 Å². The van der Waals surface area contributed by atoms with Crippen molar-refractivity contribution in [2.75, 3.05) is 17.6 Å². The molecule has 3 aromatic rings. The van der Waals surface area contributed by atoms with E-state index in [2.05, 4.69) is 28.1 Å². The van der Waals surface area contributed by atoms with Crippen LogP contribution in [0.4, 0.5) is 16.2 Å². The first-order valence-electron chi connectivity index (χ1n) is 12.5. The summed E-state index contributed by atoms with van der Waals surface area (Å²) in [6.07, 6.45) is 3.48. The van der Waals surface area contributed by atoms with Crippen molar-refractivity contribution >= 4 is 23.4 Å². The fraction of sp³-hybridized carbons (Fsp3) is 0.310. The molecule has 2 fully saturated rings. The molecule has 0 radical (unpaired) electrons. The van der Waals surface area contributed by atoms with Crippen LogP contribution in [0.2, 0.25) is 0 Å². The Balaban J connectivity index is 1.02. The predicted molar refractivity (Wildman–Crippen MR) is 141 cm³/mol. The Kier molecular flexibility index (Phi) is 7.18. The molecule has 2 atom stereocenters. The van der Waals surface area contributed by atoms with Gasteiger partial charge in [-0.15, -0.1) is 0 Å². The summed E-state index contributed by atoms with van der Waals surface area (Å²) in [4.78, 5) is 24.6. The molecule has 5 N–H and O–H groups in total. The van der Waals surface area contributed by atoms with Gasteiger partial charge in [0.25, 0.3) is 5.91 Å². The molecule has 2 aliphatic carbocycles. The van der Waals surface area contributed by atoms with Crippen LogP contribution in [0, 0.1) is 5.92 Å². The van der Waals surface area contributed by atoms with Gasteiger partial charge in [0.2, 0.25) is 0 Å². The van der Waals surface area contributed by atoms with E-state index in [4.69, 9.17) is 10.5 Å². The van der Waals surface area contributed by atoms with Gasteiger partial charge in [0.1, 0.15) is 6.61 Å². The molecule has 0 bridgehead atoms. The maximum Gasteiger partial charge on any atom is 0.407 e. The predicted octanol–water partition coefficient (Wildman–Crippen LogP) is 4.80. The van der Waals surface area contributed by atoms with E-state index in [1.165, 1.54) is 24.8 Å². The van der Waals surface area contributed by atoms with E-state index in [1.54, 1.807) is 36.4 Å². The van der Waals surface area contributed by atoms with E-state index < -0.39 is 6.09 Å². The minimum atomic E-state index is -0.480. The topological polar surface area (TPSA) is 105 Å². The number of carbonyl (C=O) groups excluding carboxylic acids is 2. The maximum atomic E-state index is 12.4. The largest absolute Gasteiger partial charge is 0.445 e. The molecule has 7 heteroatoms. The number of anilines is 2. The highest BCUT2D eigenvalue weighted by atomic mass is 16.5. The minimum Gasteiger partial charge on any atom is -0.445 e. The van der Waals surface area contributed by atoms with E-state index in [1.807, 2.05) is 24.3 Å². The molecular formula is C29H32N4O3. The lowest BCUT2D eigenvalue weighted by atomic mass is 10.1. The molecular weight excluding hydrogens is 452 g/mol. The quantitative estimate of drug-likeness (QED) is 0.309. The summed E-state index contributed by atoms with van der Waals surface area (Å²) in [7, 11) is 0. The molecule has 0 aromatic heterocycles. The van der Waals surface area contributed by atoms with Crippen molar-refractivity contribution in [2.45, 2.75) is 44.4 Å². The number of hydrogen-bond acceptors (Lipinski definition) is 5. The van der Waals surface area contributed by atoms with Crippen molar-refractivity contribution in [1.82, 2.24) is 10.6 Å². The zero-order valence-electron chi connectivity index (χ0n) is 20.2. The summed E-state index contributed by atoms with van der Waals surface area (Å²) in [6, 6.07) is 23.1. The van der Waals surface area contributed by atoms with Gasteiger partial charge >= 0.3 is 6.09 Å². The first-order valence-corrected chi connectivity index (χ1v) is 12.5. The maximum absolute atomic E-state index is 12.4. The number of hydrogen-bond donors (Lipinski definition) is 4. The van der Waals surface area contributed by atoms with Crippen LogP contribution in [-0.4, -0.2) is 24.6 Å². The zero-order valence-corrected chi connectivity index (χ0v) is 20.2. The monoisotopic (exact) mass is 484 g/mol. The van der Waals surface area contributed by atoms with Crippen LogP contribution in [0.25, 0.3) is 0 Å². The Morgan fingerprint density at radius 3 is 2.36 bits per heavy atom. The van der Waals surface area contributed by atoms with Gasteiger partial charge in [-0.1, -0.05) is 48.5 Å². The molecule has 3 aromatic carbocycles. The van der Waals surface area contributed by atoms with E-state index >= 15 is 0 Å². The number of benzene rings is 3. The first-order chi connectivity index (χ1) is 17.5. The van der Waals surface area contributed by atoms with Crippen LogP contribution in [0.1, 0.15) is 52.2 Å². The first kappa shape index (κ1) is 23.9. The number of nitrogens with two attached hydrogens (primary N) is 1. The number of ether oxygens (including phenoxy) is 1. The zero-order chi connectivity index (χ0) is 24.9. The lowest BCUT2D eigenvalue weighted by Gasteiger charge is -2.10. The minimum absolute atomic E-state index is 0.224. The molecule has 0 saturated heterocycles. The number of nitrogens with one attached hydrogen (secondary N) is 3. The molecule has 2 amide bonds. The van der Waals surface area contributed by atoms with E-state index in [-0.39, 0.29) is 12.5 Å². The third-order valence-electron chi connectivity index (χ3n) is 6.80. The number of alkyl carbamates (subject to hydrolysis) is 1. The molecule has 36 heavy (non-hydrogen) atoms. The second-order valence-corrected chi connectivity index (χ2v) is 9.71. The molecule has 0 heterocycles. The molecule has 186 valence electrons. The lowest BCUT2D eigenvalue weighted by molar-refractivity contribution is 0.102. The Labute approximate surface area is 211 Å². The van der Waals surface area contributed by atoms with Gasteiger partial charge in [-0.25, -0.2) is 4.79 Å². The van der Waals surface area contributed by atoms with Crippen molar-refractivity contribution < 1.29 is 14.3 Å². The van der Waals surface area contributed by atoms with Crippen LogP contribution in [0.5, 0.6) is 0 Å². The summed E-state index contributed by atoms with van der Waals surface area (Å²) in [5.74, 6) is 1.27. The standard InChI is InChI=1S/C29H32N4O3/c30-25-3-1-2-4-26(25)33-28(34)23-13-7-20(8-14-23)17-32-29(35)36-18-21-9-11-22(12-10-21)24-15-27(24)31-16-19-5-6-19/h1-4,7-14,19,24,27,31H,5-6,15-18,30H2,(H,32,35)(H,33,34). The van der Waals surface area contributed by atoms with Gasteiger partial charge in [0.05, 0.1) is 11.4 Å². The van der Waals surface area contributed by atoms with Crippen molar-refractivity contribution in [3.05, 3.63) is 95.1 Å². The van der Waals surface area contributed by atoms with Gasteiger partial charge < -0.3 is 26.4 Å². The Morgan fingerprint density at radius 1 is 0.917 bits per heavy atom. The smallest absolute Gasteiger partial charge is 0.407 e. The number of para-hydroxylation sites is 2. The average Bonchev–Trinajstić information content (AvgIpc) is 3.82. The van der Waals surface area contributed by atoms with Gasteiger partial charge in [-0.2, -0.15) is 0 Å². The van der Waals surface area contributed by atoms with Gasteiger partial charge in [0, 0.05) is 24.1 Å². The number of carbonyl (C=O) groups is 2. The van der Waals surface area contributed by atoms with Crippen LogP contribution >= 0.6 is 0 Å². The molecule has 0 spiro atoms. The number of rotatable bonds is 10. The Morgan fingerprint density at radius 2 is 1.64 bits per heavy atom. The van der Waals surface area contributed by atoms with Gasteiger partial charge in [-0.05, 0) is 72.7 Å². The highest BCUT2D eigenvalue weighted by molar-refractivity contribution is 6.05. The van der Waals surface area contributed by atoms with Gasteiger partial charge in [0.15, 0.2) is 0 Å². The normalized spacial score (nSPS) is 18.3. The third-order valence-corrected chi connectivity index (χ3v) is 6.80.